The van der Waals surface area contributed by atoms with Crippen molar-refractivity contribution in [1.82, 2.24) is 10.2 Å². The van der Waals surface area contributed by atoms with Crippen LogP contribution in [0.15, 0.2) is 42.5 Å². The third-order valence-corrected chi connectivity index (χ3v) is 5.26. The van der Waals surface area contributed by atoms with Gasteiger partial charge in [0.2, 0.25) is 0 Å². The van der Waals surface area contributed by atoms with Crippen molar-refractivity contribution in [2.75, 3.05) is 32.8 Å². The molecule has 0 aromatic heterocycles. The first kappa shape index (κ1) is 19.7. The summed E-state index contributed by atoms with van der Waals surface area (Å²) in [5.41, 5.74) is 0. The van der Waals surface area contributed by atoms with Gasteiger partial charge in [0.15, 0.2) is 6.61 Å². The summed E-state index contributed by atoms with van der Waals surface area (Å²) >= 11 is 0. The fraction of sp³-hybridized carbons (Fsp3) is 0.522. The van der Waals surface area contributed by atoms with E-state index in [2.05, 4.69) is 30.1 Å². The lowest BCUT2D eigenvalue weighted by atomic mass is 9.92. The number of likely N-dealkylation sites (tertiary alicyclic amines) is 1. The molecule has 0 bridgehead atoms. The molecule has 1 heterocycles. The number of ether oxygens (including phenoxy) is 1. The molecule has 1 aliphatic heterocycles. The second-order valence-corrected chi connectivity index (χ2v) is 8.06. The molecular weight excluding hydrogens is 336 g/mol. The Morgan fingerprint density at radius 2 is 1.81 bits per heavy atom. The van der Waals surface area contributed by atoms with Crippen LogP contribution in [0.5, 0.6) is 5.75 Å². The van der Waals surface area contributed by atoms with Gasteiger partial charge in [-0.1, -0.05) is 44.2 Å². The Balaban J connectivity index is 1.30. The summed E-state index contributed by atoms with van der Waals surface area (Å²) in [5.74, 6) is 2.29. The Morgan fingerprint density at radius 3 is 2.59 bits per heavy atom. The van der Waals surface area contributed by atoms with Crippen molar-refractivity contribution in [3.8, 4) is 5.75 Å². The van der Waals surface area contributed by atoms with Crippen LogP contribution in [0.4, 0.5) is 0 Å². The number of hydrogen-bond acceptors (Lipinski definition) is 3. The Bertz CT molecular complexity index is 736. The molecule has 2 aromatic rings. The fourth-order valence-electron chi connectivity index (χ4n) is 4.12. The van der Waals surface area contributed by atoms with Gasteiger partial charge in [0, 0.05) is 19.6 Å². The number of rotatable bonds is 8. The third-order valence-electron chi connectivity index (χ3n) is 5.26. The highest BCUT2D eigenvalue weighted by molar-refractivity contribution is 5.84. The summed E-state index contributed by atoms with van der Waals surface area (Å²) in [6.07, 6.45) is 3.50. The number of piperidine rings is 1. The van der Waals surface area contributed by atoms with Crippen LogP contribution >= 0.6 is 0 Å². The summed E-state index contributed by atoms with van der Waals surface area (Å²) in [5, 5.41) is 5.26. The molecule has 0 radical (unpaired) electrons. The van der Waals surface area contributed by atoms with Crippen LogP contribution in [0.25, 0.3) is 10.8 Å². The van der Waals surface area contributed by atoms with Gasteiger partial charge in [0.05, 0.1) is 0 Å². The smallest absolute Gasteiger partial charge is 0.257 e. The van der Waals surface area contributed by atoms with Crippen molar-refractivity contribution >= 4 is 16.7 Å². The van der Waals surface area contributed by atoms with Crippen LogP contribution in [0.1, 0.15) is 33.1 Å². The highest BCUT2D eigenvalue weighted by Crippen LogP contribution is 2.21. The summed E-state index contributed by atoms with van der Waals surface area (Å²) in [6.45, 7) is 9.06. The fourth-order valence-corrected chi connectivity index (χ4v) is 4.12. The minimum atomic E-state index is -0.0524. The normalized spacial score (nSPS) is 20.5. The SMILES string of the molecule is CC1CC(C)CN(CCCCNC(=O)COc2ccc3ccccc3c2)C1. The molecule has 1 aliphatic rings. The Kier molecular flexibility index (Phi) is 7.11. The number of nitrogens with one attached hydrogen (secondary N) is 1. The maximum atomic E-state index is 12.0. The molecule has 1 N–H and O–H groups in total. The van der Waals surface area contributed by atoms with E-state index in [1.165, 1.54) is 24.9 Å². The lowest BCUT2D eigenvalue weighted by Gasteiger charge is -2.34. The monoisotopic (exact) mass is 368 g/mol. The number of nitrogens with zero attached hydrogens (tertiary/aromatic N) is 1. The summed E-state index contributed by atoms with van der Waals surface area (Å²) in [4.78, 5) is 14.6. The van der Waals surface area contributed by atoms with Gasteiger partial charge in [-0.05, 0) is 60.5 Å². The van der Waals surface area contributed by atoms with Crippen molar-refractivity contribution in [2.24, 2.45) is 11.8 Å². The average Bonchev–Trinajstić information content (AvgIpc) is 2.65. The highest BCUT2D eigenvalue weighted by atomic mass is 16.5. The van der Waals surface area contributed by atoms with Gasteiger partial charge in [-0.25, -0.2) is 0 Å². The molecule has 3 rings (SSSR count). The number of fused-ring (bicyclic) bond motifs is 1. The number of carbonyl (C=O) groups is 1. The van der Waals surface area contributed by atoms with Crippen molar-refractivity contribution < 1.29 is 9.53 Å². The third kappa shape index (κ3) is 6.24. The van der Waals surface area contributed by atoms with E-state index in [4.69, 9.17) is 4.74 Å². The quantitative estimate of drug-likeness (QED) is 0.714. The number of benzene rings is 2. The van der Waals surface area contributed by atoms with Crippen LogP contribution in [-0.4, -0.2) is 43.6 Å². The number of amides is 1. The molecule has 2 atom stereocenters. The topological polar surface area (TPSA) is 41.6 Å². The van der Waals surface area contributed by atoms with Gasteiger partial charge in [-0.15, -0.1) is 0 Å². The maximum Gasteiger partial charge on any atom is 0.257 e. The van der Waals surface area contributed by atoms with E-state index in [-0.39, 0.29) is 12.5 Å². The van der Waals surface area contributed by atoms with Gasteiger partial charge < -0.3 is 15.0 Å². The van der Waals surface area contributed by atoms with Crippen LogP contribution in [0.3, 0.4) is 0 Å². The average molecular weight is 369 g/mol. The zero-order chi connectivity index (χ0) is 19.1. The molecule has 0 spiro atoms. The molecule has 4 heteroatoms. The van der Waals surface area contributed by atoms with E-state index in [0.717, 1.165) is 48.9 Å². The Morgan fingerprint density at radius 1 is 1.07 bits per heavy atom. The molecule has 0 aliphatic carbocycles. The van der Waals surface area contributed by atoms with E-state index < -0.39 is 0 Å². The first-order valence-electron chi connectivity index (χ1n) is 10.2. The highest BCUT2D eigenvalue weighted by Gasteiger charge is 2.20. The number of carbonyl (C=O) groups excluding carboxylic acids is 1. The first-order chi connectivity index (χ1) is 13.1. The van der Waals surface area contributed by atoms with Crippen LogP contribution in [0.2, 0.25) is 0 Å². The van der Waals surface area contributed by atoms with Gasteiger partial charge in [0.25, 0.3) is 5.91 Å². The van der Waals surface area contributed by atoms with E-state index in [9.17, 15) is 4.79 Å². The molecule has 2 aromatic carbocycles. The predicted octanol–water partition coefficient (Wildman–Crippen LogP) is 4.09. The molecule has 4 nitrogen and oxygen atoms in total. The number of unbranched alkanes of at least 4 members (excludes halogenated alkanes) is 1. The van der Waals surface area contributed by atoms with Crippen molar-refractivity contribution in [3.05, 3.63) is 42.5 Å². The minimum Gasteiger partial charge on any atom is -0.484 e. The standard InChI is InChI=1S/C23H32N2O2/c1-18-13-19(2)16-25(15-18)12-6-5-11-24-23(26)17-27-22-10-9-20-7-3-4-8-21(20)14-22/h3-4,7-10,14,18-19H,5-6,11-13,15-17H2,1-2H3,(H,24,26). The molecule has 2 unspecified atom stereocenters. The minimum absolute atomic E-state index is 0.0524. The molecule has 146 valence electrons. The maximum absolute atomic E-state index is 12.0. The van der Waals surface area contributed by atoms with Gasteiger partial charge in [0.1, 0.15) is 5.75 Å². The van der Waals surface area contributed by atoms with E-state index in [0.29, 0.717) is 0 Å². The first-order valence-corrected chi connectivity index (χ1v) is 10.2. The second kappa shape index (κ2) is 9.75. The van der Waals surface area contributed by atoms with Crippen molar-refractivity contribution in [1.29, 1.82) is 0 Å². The largest absolute Gasteiger partial charge is 0.484 e. The van der Waals surface area contributed by atoms with E-state index in [1.54, 1.807) is 0 Å². The van der Waals surface area contributed by atoms with Gasteiger partial charge >= 0.3 is 0 Å². The predicted molar refractivity (Wildman–Crippen MR) is 111 cm³/mol. The lowest BCUT2D eigenvalue weighted by molar-refractivity contribution is -0.123. The summed E-state index contributed by atoms with van der Waals surface area (Å²) in [7, 11) is 0. The van der Waals surface area contributed by atoms with E-state index >= 15 is 0 Å². The van der Waals surface area contributed by atoms with Gasteiger partial charge in [-0.3, -0.25) is 4.79 Å². The van der Waals surface area contributed by atoms with Gasteiger partial charge in [-0.2, -0.15) is 0 Å². The van der Waals surface area contributed by atoms with E-state index in [1.807, 2.05) is 36.4 Å². The second-order valence-electron chi connectivity index (χ2n) is 8.06. The van der Waals surface area contributed by atoms with Crippen molar-refractivity contribution in [3.63, 3.8) is 0 Å². The Hall–Kier alpha value is -2.07. The summed E-state index contributed by atoms with van der Waals surface area (Å²) < 4.78 is 5.63. The molecule has 1 saturated heterocycles. The zero-order valence-electron chi connectivity index (χ0n) is 16.6. The molecular formula is C23H32N2O2. The number of hydrogen-bond donors (Lipinski definition) is 1. The Labute approximate surface area is 162 Å². The molecule has 0 saturated carbocycles. The molecule has 1 fully saturated rings. The summed E-state index contributed by atoms with van der Waals surface area (Å²) in [6, 6.07) is 14.0. The van der Waals surface area contributed by atoms with Crippen LogP contribution in [0, 0.1) is 11.8 Å². The van der Waals surface area contributed by atoms with Crippen LogP contribution in [-0.2, 0) is 4.79 Å². The molecule has 1 amide bonds. The van der Waals surface area contributed by atoms with Crippen molar-refractivity contribution in [2.45, 2.75) is 33.1 Å². The van der Waals surface area contributed by atoms with Crippen LogP contribution < -0.4 is 10.1 Å². The molecule has 27 heavy (non-hydrogen) atoms. The lowest BCUT2D eigenvalue weighted by Crippen LogP contribution is -2.39. The zero-order valence-corrected chi connectivity index (χ0v) is 16.6.